The molecule has 20 heavy (non-hydrogen) atoms. The predicted octanol–water partition coefficient (Wildman–Crippen LogP) is 2.67. The van der Waals surface area contributed by atoms with Gasteiger partial charge in [0.25, 0.3) is 0 Å². The number of nitrogens with zero attached hydrogens (tertiary/aromatic N) is 3. The molecular weight excluding hydrogens is 268 g/mol. The lowest BCUT2D eigenvalue weighted by molar-refractivity contribution is 0.373. The van der Waals surface area contributed by atoms with Gasteiger partial charge in [-0.15, -0.1) is 11.3 Å². The molecule has 0 aromatic carbocycles. The highest BCUT2D eigenvalue weighted by molar-refractivity contribution is 7.13. The van der Waals surface area contributed by atoms with Crippen LogP contribution < -0.4 is 10.2 Å². The second kappa shape index (κ2) is 8.60. The molecule has 1 unspecified atom stereocenters. The normalized spacial score (nSPS) is 13.2. The summed E-state index contributed by atoms with van der Waals surface area (Å²) in [5.41, 5.74) is 1.15. The Balaban J connectivity index is 2.58. The molecule has 1 rings (SSSR count). The van der Waals surface area contributed by atoms with Gasteiger partial charge in [0.1, 0.15) is 0 Å². The first-order valence-corrected chi connectivity index (χ1v) is 8.38. The van der Waals surface area contributed by atoms with Crippen LogP contribution in [0, 0.1) is 5.92 Å². The first-order valence-electron chi connectivity index (χ1n) is 7.50. The average molecular weight is 299 g/mol. The van der Waals surface area contributed by atoms with Crippen LogP contribution in [0.3, 0.4) is 0 Å². The highest BCUT2D eigenvalue weighted by Gasteiger charge is 2.16. The van der Waals surface area contributed by atoms with Gasteiger partial charge in [-0.25, -0.2) is 4.98 Å². The van der Waals surface area contributed by atoms with Gasteiger partial charge in [0.05, 0.1) is 5.69 Å². The number of thiazole rings is 1. The van der Waals surface area contributed by atoms with Crippen LogP contribution >= 0.6 is 11.3 Å². The zero-order chi connectivity index (χ0) is 15.1. The second-order valence-electron chi connectivity index (χ2n) is 6.04. The van der Waals surface area contributed by atoms with Crippen LogP contribution in [-0.4, -0.2) is 49.7 Å². The molecular formula is C15H30N4S. The maximum atomic E-state index is 4.77. The number of hydrogen-bond acceptors (Lipinski definition) is 5. The standard InChI is InChI=1S/C15H30N4S/c1-7-19(13(4)10-18(5)6)15-17-14(11-20-15)9-16-8-12(2)3/h11-13,16H,7-10H2,1-6H3. The Bertz CT molecular complexity index is 376. The van der Waals surface area contributed by atoms with Gasteiger partial charge >= 0.3 is 0 Å². The van der Waals surface area contributed by atoms with Gasteiger partial charge in [-0.1, -0.05) is 13.8 Å². The molecule has 0 amide bonds. The van der Waals surface area contributed by atoms with Crippen molar-refractivity contribution in [1.82, 2.24) is 15.2 Å². The second-order valence-corrected chi connectivity index (χ2v) is 6.88. The molecule has 0 saturated heterocycles. The molecule has 0 spiro atoms. The van der Waals surface area contributed by atoms with E-state index in [4.69, 9.17) is 4.98 Å². The maximum absolute atomic E-state index is 4.77. The lowest BCUT2D eigenvalue weighted by Crippen LogP contribution is -2.40. The van der Waals surface area contributed by atoms with E-state index in [0.717, 1.165) is 37.0 Å². The summed E-state index contributed by atoms with van der Waals surface area (Å²) in [6.07, 6.45) is 0. The van der Waals surface area contributed by atoms with E-state index in [1.54, 1.807) is 11.3 Å². The third-order valence-corrected chi connectivity index (χ3v) is 4.07. The Labute approximate surface area is 128 Å². The van der Waals surface area contributed by atoms with E-state index >= 15 is 0 Å². The fourth-order valence-corrected chi connectivity index (χ4v) is 3.25. The highest BCUT2D eigenvalue weighted by Crippen LogP contribution is 2.22. The first-order chi connectivity index (χ1) is 9.43. The summed E-state index contributed by atoms with van der Waals surface area (Å²) in [7, 11) is 4.24. The van der Waals surface area contributed by atoms with Gasteiger partial charge < -0.3 is 15.1 Å². The van der Waals surface area contributed by atoms with Crippen LogP contribution in [0.5, 0.6) is 0 Å². The monoisotopic (exact) mass is 298 g/mol. The van der Waals surface area contributed by atoms with E-state index in [1.807, 2.05) is 0 Å². The molecule has 0 fully saturated rings. The lowest BCUT2D eigenvalue weighted by atomic mass is 10.2. The minimum Gasteiger partial charge on any atom is -0.344 e. The predicted molar refractivity (Wildman–Crippen MR) is 89.7 cm³/mol. The van der Waals surface area contributed by atoms with Gasteiger partial charge in [-0.05, 0) is 40.4 Å². The van der Waals surface area contributed by atoms with E-state index < -0.39 is 0 Å². The smallest absolute Gasteiger partial charge is 0.185 e. The summed E-state index contributed by atoms with van der Waals surface area (Å²) in [5, 5.41) is 6.77. The average Bonchev–Trinajstić information content (AvgIpc) is 2.77. The van der Waals surface area contributed by atoms with E-state index in [0.29, 0.717) is 12.0 Å². The number of rotatable bonds is 9. The highest BCUT2D eigenvalue weighted by atomic mass is 32.1. The maximum Gasteiger partial charge on any atom is 0.185 e. The lowest BCUT2D eigenvalue weighted by Gasteiger charge is -2.29. The molecule has 0 saturated carbocycles. The largest absolute Gasteiger partial charge is 0.344 e. The molecule has 1 atom stereocenters. The van der Waals surface area contributed by atoms with Gasteiger partial charge in [0, 0.05) is 31.1 Å². The van der Waals surface area contributed by atoms with Crippen molar-refractivity contribution in [2.75, 3.05) is 38.6 Å². The molecule has 0 aliphatic carbocycles. The minimum atomic E-state index is 0.484. The number of nitrogens with one attached hydrogen (secondary N) is 1. The van der Waals surface area contributed by atoms with Crippen molar-refractivity contribution in [3.8, 4) is 0 Å². The molecule has 1 aromatic heterocycles. The Hall–Kier alpha value is -0.650. The minimum absolute atomic E-state index is 0.484. The van der Waals surface area contributed by atoms with Crippen molar-refractivity contribution >= 4 is 16.5 Å². The van der Waals surface area contributed by atoms with Crippen LogP contribution in [0.1, 0.15) is 33.4 Å². The van der Waals surface area contributed by atoms with Crippen LogP contribution in [0.25, 0.3) is 0 Å². The third kappa shape index (κ3) is 5.77. The Morgan fingerprint density at radius 2 is 2.00 bits per heavy atom. The van der Waals surface area contributed by atoms with Crippen LogP contribution in [0.2, 0.25) is 0 Å². The summed E-state index contributed by atoms with van der Waals surface area (Å²) in [6, 6.07) is 0.484. The summed E-state index contributed by atoms with van der Waals surface area (Å²) >= 11 is 1.75. The molecule has 4 nitrogen and oxygen atoms in total. The van der Waals surface area contributed by atoms with Gasteiger partial charge in [0.2, 0.25) is 0 Å². The van der Waals surface area contributed by atoms with Crippen molar-refractivity contribution < 1.29 is 0 Å². The van der Waals surface area contributed by atoms with E-state index in [-0.39, 0.29) is 0 Å². The van der Waals surface area contributed by atoms with Gasteiger partial charge in [-0.3, -0.25) is 0 Å². The SMILES string of the molecule is CCN(c1nc(CNCC(C)C)cs1)C(C)CN(C)C. The van der Waals surface area contributed by atoms with Crippen LogP contribution in [0.4, 0.5) is 5.13 Å². The number of aromatic nitrogens is 1. The quantitative estimate of drug-likeness (QED) is 0.759. The molecule has 0 radical (unpaired) electrons. The van der Waals surface area contributed by atoms with Crippen molar-refractivity contribution in [2.45, 2.75) is 40.3 Å². The summed E-state index contributed by atoms with van der Waals surface area (Å²) < 4.78 is 0. The Kier molecular flexibility index (Phi) is 7.48. The van der Waals surface area contributed by atoms with E-state index in [1.165, 1.54) is 0 Å². The van der Waals surface area contributed by atoms with Crippen molar-refractivity contribution in [1.29, 1.82) is 0 Å². The zero-order valence-electron chi connectivity index (χ0n) is 13.8. The summed E-state index contributed by atoms with van der Waals surface area (Å²) in [4.78, 5) is 9.38. The van der Waals surface area contributed by atoms with Crippen molar-refractivity contribution in [3.05, 3.63) is 11.1 Å². The molecule has 1 heterocycles. The third-order valence-electron chi connectivity index (χ3n) is 3.15. The fraction of sp³-hybridized carbons (Fsp3) is 0.800. The van der Waals surface area contributed by atoms with Crippen molar-refractivity contribution in [3.63, 3.8) is 0 Å². The number of anilines is 1. The van der Waals surface area contributed by atoms with Crippen molar-refractivity contribution in [2.24, 2.45) is 5.92 Å². The van der Waals surface area contributed by atoms with E-state index in [9.17, 15) is 0 Å². The molecule has 1 aromatic rings. The molecule has 116 valence electrons. The molecule has 1 N–H and O–H groups in total. The van der Waals surface area contributed by atoms with Gasteiger partial charge in [-0.2, -0.15) is 0 Å². The zero-order valence-corrected chi connectivity index (χ0v) is 14.6. The molecule has 5 heteroatoms. The van der Waals surface area contributed by atoms with Crippen LogP contribution in [0.15, 0.2) is 5.38 Å². The summed E-state index contributed by atoms with van der Waals surface area (Å²) in [6.45, 7) is 12.9. The van der Waals surface area contributed by atoms with E-state index in [2.05, 4.69) is 62.3 Å². The van der Waals surface area contributed by atoms with Gasteiger partial charge in [0.15, 0.2) is 5.13 Å². The Morgan fingerprint density at radius 3 is 2.55 bits per heavy atom. The van der Waals surface area contributed by atoms with Crippen LogP contribution in [-0.2, 0) is 6.54 Å². The molecule has 0 aliphatic rings. The topological polar surface area (TPSA) is 31.4 Å². The number of likely N-dealkylation sites (N-methyl/N-ethyl adjacent to an activating group) is 2. The fourth-order valence-electron chi connectivity index (χ4n) is 2.26. The molecule has 0 bridgehead atoms. The molecule has 0 aliphatic heterocycles. The number of hydrogen-bond donors (Lipinski definition) is 1. The summed E-state index contributed by atoms with van der Waals surface area (Å²) in [5.74, 6) is 0.681. The first kappa shape index (κ1) is 17.4. The Morgan fingerprint density at radius 1 is 1.30 bits per heavy atom.